The number of fused-ring (bicyclic) bond motifs is 1. The number of benzene rings is 1. The van der Waals surface area contributed by atoms with Crippen LogP contribution in [0.1, 0.15) is 24.7 Å². The molecule has 5 heteroatoms. The van der Waals surface area contributed by atoms with Crippen LogP contribution in [0.3, 0.4) is 0 Å². The Balaban J connectivity index is 2.23. The Bertz CT molecular complexity index is 680. The normalized spacial score (nSPS) is 19.8. The van der Waals surface area contributed by atoms with Crippen LogP contribution in [0.2, 0.25) is 0 Å². The quantitative estimate of drug-likeness (QED) is 0.911. The van der Waals surface area contributed by atoms with Crippen molar-refractivity contribution < 1.29 is 5.11 Å². The first-order valence-electron chi connectivity index (χ1n) is 7.03. The topological polar surface area (TPSA) is 58.4 Å². The van der Waals surface area contributed by atoms with Gasteiger partial charge in [0.15, 0.2) is 0 Å². The fourth-order valence-electron chi connectivity index (χ4n) is 2.99. The van der Waals surface area contributed by atoms with Gasteiger partial charge in [-0.3, -0.25) is 14.3 Å². The summed E-state index contributed by atoms with van der Waals surface area (Å²) in [5.74, 6) is 0.780. The van der Waals surface area contributed by atoms with E-state index in [4.69, 9.17) is 4.98 Å². The van der Waals surface area contributed by atoms with E-state index in [0.717, 1.165) is 30.7 Å². The molecule has 1 fully saturated rings. The number of hydrogen-bond donors (Lipinski definition) is 1. The second-order valence-electron chi connectivity index (χ2n) is 5.31. The largest absolute Gasteiger partial charge is 0.395 e. The minimum Gasteiger partial charge on any atom is -0.395 e. The van der Waals surface area contributed by atoms with Crippen LogP contribution in [0.15, 0.2) is 29.1 Å². The summed E-state index contributed by atoms with van der Waals surface area (Å²) < 4.78 is 1.63. The standard InChI is InChI=1S/C15H19N3O2/c1-17-8-4-7-13(17)14-16-12-6-3-2-5-11(12)15(20)18(14)9-10-19/h2-3,5-6,13,19H,4,7-10H2,1H3. The molecule has 2 heterocycles. The van der Waals surface area contributed by atoms with Crippen molar-refractivity contribution in [1.82, 2.24) is 14.5 Å². The van der Waals surface area contributed by atoms with Gasteiger partial charge in [-0.05, 0) is 38.6 Å². The van der Waals surface area contributed by atoms with Crippen LogP contribution >= 0.6 is 0 Å². The Morgan fingerprint density at radius 1 is 1.40 bits per heavy atom. The average Bonchev–Trinajstić information content (AvgIpc) is 2.88. The predicted molar refractivity (Wildman–Crippen MR) is 77.7 cm³/mol. The van der Waals surface area contributed by atoms with Crippen molar-refractivity contribution in [2.45, 2.75) is 25.4 Å². The fraction of sp³-hybridized carbons (Fsp3) is 0.467. The molecular weight excluding hydrogens is 254 g/mol. The van der Waals surface area contributed by atoms with Crippen LogP contribution in [0.5, 0.6) is 0 Å². The Morgan fingerprint density at radius 3 is 2.90 bits per heavy atom. The van der Waals surface area contributed by atoms with Crippen molar-refractivity contribution in [3.8, 4) is 0 Å². The molecule has 0 spiro atoms. The highest BCUT2D eigenvalue weighted by Gasteiger charge is 2.27. The number of rotatable bonds is 3. The monoisotopic (exact) mass is 273 g/mol. The minimum atomic E-state index is -0.0556. The molecule has 1 unspecified atom stereocenters. The summed E-state index contributed by atoms with van der Waals surface area (Å²) in [4.78, 5) is 19.5. The van der Waals surface area contributed by atoms with Crippen molar-refractivity contribution in [2.24, 2.45) is 0 Å². The molecule has 0 amide bonds. The summed E-state index contributed by atoms with van der Waals surface area (Å²) in [5, 5.41) is 9.86. The summed E-state index contributed by atoms with van der Waals surface area (Å²) in [5.41, 5.74) is 0.682. The first kappa shape index (κ1) is 13.3. The van der Waals surface area contributed by atoms with Gasteiger partial charge in [0, 0.05) is 0 Å². The zero-order valence-corrected chi connectivity index (χ0v) is 11.6. The predicted octanol–water partition coefficient (Wildman–Crippen LogP) is 1.16. The second-order valence-corrected chi connectivity index (χ2v) is 5.31. The SMILES string of the molecule is CN1CCCC1c1nc2ccccc2c(=O)n1CCO. The first-order chi connectivity index (χ1) is 9.72. The molecule has 1 aromatic carbocycles. The molecule has 1 aromatic heterocycles. The third-order valence-corrected chi connectivity index (χ3v) is 4.03. The molecule has 1 aliphatic heterocycles. The van der Waals surface area contributed by atoms with Crippen LogP contribution in [-0.2, 0) is 6.54 Å². The van der Waals surface area contributed by atoms with E-state index in [-0.39, 0.29) is 18.2 Å². The number of aliphatic hydroxyl groups excluding tert-OH is 1. The highest BCUT2D eigenvalue weighted by atomic mass is 16.3. The fourth-order valence-corrected chi connectivity index (χ4v) is 2.99. The Labute approximate surface area is 117 Å². The van der Waals surface area contributed by atoms with Crippen molar-refractivity contribution in [3.63, 3.8) is 0 Å². The number of aromatic nitrogens is 2. The summed E-state index contributed by atoms with van der Waals surface area (Å²) in [6, 6.07) is 7.57. The average molecular weight is 273 g/mol. The van der Waals surface area contributed by atoms with Crippen LogP contribution in [-0.4, -0.2) is 39.8 Å². The molecule has 0 bridgehead atoms. The van der Waals surface area contributed by atoms with E-state index in [1.165, 1.54) is 0 Å². The van der Waals surface area contributed by atoms with Crippen LogP contribution in [0, 0.1) is 0 Å². The molecule has 1 aliphatic rings. The smallest absolute Gasteiger partial charge is 0.261 e. The number of likely N-dealkylation sites (tertiary alicyclic amines) is 1. The zero-order valence-electron chi connectivity index (χ0n) is 11.6. The van der Waals surface area contributed by atoms with Gasteiger partial charge in [0.1, 0.15) is 5.82 Å². The second kappa shape index (κ2) is 5.34. The highest BCUT2D eigenvalue weighted by Crippen LogP contribution is 2.29. The number of nitrogens with zero attached hydrogens (tertiary/aromatic N) is 3. The lowest BCUT2D eigenvalue weighted by atomic mass is 10.1. The molecule has 1 N–H and O–H groups in total. The molecule has 1 saturated heterocycles. The maximum atomic E-state index is 12.6. The van der Waals surface area contributed by atoms with Gasteiger partial charge in [-0.1, -0.05) is 12.1 Å². The van der Waals surface area contributed by atoms with Crippen LogP contribution < -0.4 is 5.56 Å². The van der Waals surface area contributed by atoms with Gasteiger partial charge >= 0.3 is 0 Å². The van der Waals surface area contributed by atoms with Crippen molar-refractivity contribution in [3.05, 3.63) is 40.4 Å². The van der Waals surface area contributed by atoms with Crippen molar-refractivity contribution >= 4 is 10.9 Å². The highest BCUT2D eigenvalue weighted by molar-refractivity contribution is 5.77. The Hall–Kier alpha value is -1.72. The van der Waals surface area contributed by atoms with E-state index in [0.29, 0.717) is 11.9 Å². The van der Waals surface area contributed by atoms with E-state index in [1.807, 2.05) is 18.2 Å². The van der Waals surface area contributed by atoms with E-state index in [2.05, 4.69) is 11.9 Å². The molecule has 3 rings (SSSR count). The van der Waals surface area contributed by atoms with Gasteiger partial charge in [-0.15, -0.1) is 0 Å². The molecule has 106 valence electrons. The van der Waals surface area contributed by atoms with Gasteiger partial charge in [0.2, 0.25) is 0 Å². The Kier molecular flexibility index (Phi) is 3.54. The summed E-state index contributed by atoms with van der Waals surface area (Å²) in [6.45, 7) is 1.27. The molecule has 0 radical (unpaired) electrons. The summed E-state index contributed by atoms with van der Waals surface area (Å²) >= 11 is 0. The van der Waals surface area contributed by atoms with E-state index < -0.39 is 0 Å². The van der Waals surface area contributed by atoms with Gasteiger partial charge in [-0.25, -0.2) is 4.98 Å². The van der Waals surface area contributed by atoms with Crippen molar-refractivity contribution in [2.75, 3.05) is 20.2 Å². The lowest BCUT2D eigenvalue weighted by Crippen LogP contribution is -2.31. The van der Waals surface area contributed by atoms with Gasteiger partial charge in [0.05, 0.1) is 30.1 Å². The minimum absolute atomic E-state index is 0.0522. The summed E-state index contributed by atoms with van der Waals surface area (Å²) in [6.07, 6.45) is 2.12. The zero-order chi connectivity index (χ0) is 14.1. The molecule has 0 saturated carbocycles. The van der Waals surface area contributed by atoms with Gasteiger partial charge < -0.3 is 5.11 Å². The molecular formula is C15H19N3O2. The van der Waals surface area contributed by atoms with Gasteiger partial charge in [0.25, 0.3) is 5.56 Å². The van der Waals surface area contributed by atoms with Crippen LogP contribution in [0.25, 0.3) is 10.9 Å². The molecule has 0 aliphatic carbocycles. The maximum Gasteiger partial charge on any atom is 0.261 e. The molecule has 20 heavy (non-hydrogen) atoms. The third-order valence-electron chi connectivity index (χ3n) is 4.03. The molecule has 5 nitrogen and oxygen atoms in total. The molecule has 1 atom stereocenters. The Morgan fingerprint density at radius 2 is 2.20 bits per heavy atom. The summed E-state index contributed by atoms with van der Waals surface area (Å²) in [7, 11) is 2.06. The number of para-hydroxylation sites is 1. The molecule has 2 aromatic rings. The maximum absolute atomic E-state index is 12.6. The van der Waals surface area contributed by atoms with E-state index in [1.54, 1.807) is 10.6 Å². The van der Waals surface area contributed by atoms with E-state index in [9.17, 15) is 9.90 Å². The number of aliphatic hydroxyl groups is 1. The first-order valence-corrected chi connectivity index (χ1v) is 7.03. The van der Waals surface area contributed by atoms with E-state index >= 15 is 0 Å². The third kappa shape index (κ3) is 2.13. The van der Waals surface area contributed by atoms with Gasteiger partial charge in [-0.2, -0.15) is 0 Å². The lowest BCUT2D eigenvalue weighted by molar-refractivity contribution is 0.255. The van der Waals surface area contributed by atoms with Crippen molar-refractivity contribution in [1.29, 1.82) is 0 Å². The number of hydrogen-bond acceptors (Lipinski definition) is 4. The lowest BCUT2D eigenvalue weighted by Gasteiger charge is -2.22. The van der Waals surface area contributed by atoms with Crippen LogP contribution in [0.4, 0.5) is 0 Å².